The summed E-state index contributed by atoms with van der Waals surface area (Å²) in [6, 6.07) is 3.95. The van der Waals surface area contributed by atoms with Gasteiger partial charge < -0.3 is 0 Å². The number of nitrogens with zero attached hydrogens (tertiary/aromatic N) is 3. The number of carbonyl (C=O) groups excluding carboxylic acids is 2. The minimum atomic E-state index is -0.757. The number of pyridine rings is 1. The van der Waals surface area contributed by atoms with Crippen molar-refractivity contribution in [2.75, 3.05) is 19.0 Å². The minimum absolute atomic E-state index is 0.0352. The van der Waals surface area contributed by atoms with Gasteiger partial charge in [-0.2, -0.15) is 0 Å². The van der Waals surface area contributed by atoms with E-state index in [1.165, 1.54) is 3.11 Å². The van der Waals surface area contributed by atoms with Crippen LogP contribution in [-0.4, -0.2) is 29.0 Å². The van der Waals surface area contributed by atoms with Crippen LogP contribution in [0.4, 0.5) is 5.69 Å². The van der Waals surface area contributed by atoms with E-state index in [9.17, 15) is 9.59 Å². The number of aromatic nitrogens is 1. The first-order valence-corrected chi connectivity index (χ1v) is 7.21. The van der Waals surface area contributed by atoms with Crippen LogP contribution in [0.25, 0.3) is 0 Å². The van der Waals surface area contributed by atoms with Gasteiger partial charge in [0.15, 0.2) is 0 Å². The average molecular weight is 347 g/mol. The molecule has 2 amide bonds. The molecule has 1 aromatic heterocycles. The van der Waals surface area contributed by atoms with Crippen molar-refractivity contribution >= 4 is 17.5 Å². The number of carbonyl (C=O) groups is 2. The summed E-state index contributed by atoms with van der Waals surface area (Å²) >= 11 is -0.757. The van der Waals surface area contributed by atoms with Crippen molar-refractivity contribution in [1.82, 2.24) is 3.11 Å². The van der Waals surface area contributed by atoms with E-state index in [4.69, 9.17) is 0 Å². The Hall–Kier alpha value is -1.18. The van der Waals surface area contributed by atoms with Crippen LogP contribution in [0.15, 0.2) is 24.5 Å². The van der Waals surface area contributed by atoms with Gasteiger partial charge in [-0.25, -0.2) is 0 Å². The third kappa shape index (κ3) is 2.74. The summed E-state index contributed by atoms with van der Waals surface area (Å²) in [5.41, 5.74) is 1.10. The third-order valence-corrected chi connectivity index (χ3v) is 5.09. The molecule has 0 aromatic carbocycles. The Bertz CT molecular complexity index is 429. The number of hydrogen-bond acceptors (Lipinski definition) is 3. The zero-order chi connectivity index (χ0) is 12.4. The van der Waals surface area contributed by atoms with Gasteiger partial charge >= 0.3 is 111 Å². The molecule has 17 heavy (non-hydrogen) atoms. The fraction of sp³-hybridized carbons (Fsp3) is 0.364. The molecule has 5 nitrogen and oxygen atoms in total. The summed E-state index contributed by atoms with van der Waals surface area (Å²) in [5, 5.41) is 0. The van der Waals surface area contributed by atoms with Crippen LogP contribution in [0.2, 0.25) is 0 Å². The van der Waals surface area contributed by atoms with Gasteiger partial charge in [0.1, 0.15) is 0 Å². The zero-order valence-electron chi connectivity index (χ0n) is 9.76. The molecule has 0 spiro atoms. The van der Waals surface area contributed by atoms with Gasteiger partial charge in [-0.1, -0.05) is 0 Å². The number of halogens is 1. The molecule has 0 unspecified atom stereocenters. The molecule has 0 radical (unpaired) electrons. The predicted molar refractivity (Wildman–Crippen MR) is 57.4 cm³/mol. The van der Waals surface area contributed by atoms with Crippen LogP contribution in [0.5, 0.6) is 0 Å². The Morgan fingerprint density at radius 1 is 1.18 bits per heavy atom. The second kappa shape index (κ2) is 4.99. The second-order valence-electron chi connectivity index (χ2n) is 3.94. The molecule has 0 saturated carbocycles. The molecule has 0 bridgehead atoms. The summed E-state index contributed by atoms with van der Waals surface area (Å²) in [5.74, 6) is -0.0704. The van der Waals surface area contributed by atoms with Gasteiger partial charge in [-0.05, 0) is 0 Å². The summed E-state index contributed by atoms with van der Waals surface area (Å²) in [6.45, 7) is 0. The van der Waals surface area contributed by atoms with E-state index in [2.05, 4.69) is 0 Å². The molecule has 0 N–H and O–H groups in total. The third-order valence-electron chi connectivity index (χ3n) is 2.45. The van der Waals surface area contributed by atoms with Crippen molar-refractivity contribution in [2.45, 2.75) is 12.8 Å². The maximum atomic E-state index is 11.5. The van der Waals surface area contributed by atoms with E-state index in [0.717, 1.165) is 5.69 Å². The molecule has 2 heterocycles. The Morgan fingerprint density at radius 2 is 1.71 bits per heavy atom. The first-order valence-electron chi connectivity index (χ1n) is 5.28. The molecular formula is C11H14IN3O2. The number of amides is 2. The van der Waals surface area contributed by atoms with E-state index in [1.54, 1.807) is 0 Å². The van der Waals surface area contributed by atoms with E-state index < -0.39 is 21.8 Å². The SMILES string of the molecule is CN(C)c1cc[n+]([I-]N2C(=O)CCC2=O)cc1. The Labute approximate surface area is 111 Å². The molecule has 1 aliphatic rings. The van der Waals surface area contributed by atoms with E-state index >= 15 is 0 Å². The molecule has 6 heteroatoms. The topological polar surface area (TPSA) is 44.5 Å². The molecule has 1 fully saturated rings. The zero-order valence-corrected chi connectivity index (χ0v) is 11.9. The first-order chi connectivity index (χ1) is 8.08. The quantitative estimate of drug-likeness (QED) is 0.332. The fourth-order valence-corrected chi connectivity index (χ4v) is 3.54. The summed E-state index contributed by atoms with van der Waals surface area (Å²) in [4.78, 5) is 25.0. The predicted octanol–water partition coefficient (Wildman–Crippen LogP) is -3.04. The molecule has 0 aliphatic carbocycles. The van der Waals surface area contributed by atoms with Crippen molar-refractivity contribution < 1.29 is 34.1 Å². The van der Waals surface area contributed by atoms with E-state index in [1.807, 2.05) is 46.3 Å². The summed E-state index contributed by atoms with van der Waals surface area (Å²) in [6.07, 6.45) is 4.58. The average Bonchev–Trinajstić information content (AvgIpc) is 2.61. The van der Waals surface area contributed by atoms with Gasteiger partial charge in [0.25, 0.3) is 0 Å². The van der Waals surface area contributed by atoms with Crippen LogP contribution in [0.1, 0.15) is 12.8 Å². The van der Waals surface area contributed by atoms with Gasteiger partial charge in [-0.15, -0.1) is 0 Å². The van der Waals surface area contributed by atoms with Crippen LogP contribution in [0.3, 0.4) is 0 Å². The van der Waals surface area contributed by atoms with E-state index in [-0.39, 0.29) is 11.8 Å². The number of anilines is 1. The first kappa shape index (κ1) is 12.3. The number of rotatable bonds is 3. The van der Waals surface area contributed by atoms with Crippen LogP contribution in [-0.2, 0) is 9.59 Å². The van der Waals surface area contributed by atoms with Crippen LogP contribution in [0, 0.1) is 0 Å². The maximum absolute atomic E-state index is 11.5. The molecular weight excluding hydrogens is 333 g/mol. The van der Waals surface area contributed by atoms with Crippen molar-refractivity contribution in [3.8, 4) is 0 Å². The molecule has 2 rings (SSSR count). The molecule has 92 valence electrons. The van der Waals surface area contributed by atoms with Crippen molar-refractivity contribution in [3.05, 3.63) is 24.5 Å². The van der Waals surface area contributed by atoms with Crippen molar-refractivity contribution in [2.24, 2.45) is 0 Å². The normalized spacial score (nSPS) is 15.8. The number of imide groups is 1. The standard InChI is InChI=1S/C11H14IN3O2/c1-13(2)9-5-7-14(8-6-9)12-15-10(16)3-4-11(15)17/h5-8H,3-4H2,1-2H3. The number of hydrogen-bond donors (Lipinski definition) is 0. The van der Waals surface area contributed by atoms with Crippen LogP contribution >= 0.6 is 0 Å². The Balaban J connectivity index is 2.08. The van der Waals surface area contributed by atoms with Gasteiger partial charge in [0.2, 0.25) is 0 Å². The summed E-state index contributed by atoms with van der Waals surface area (Å²) < 4.78 is 3.35. The molecule has 1 saturated heterocycles. The van der Waals surface area contributed by atoms with Gasteiger partial charge in [0.05, 0.1) is 0 Å². The van der Waals surface area contributed by atoms with Crippen molar-refractivity contribution in [3.63, 3.8) is 0 Å². The molecule has 1 aliphatic heterocycles. The fourth-order valence-electron chi connectivity index (χ4n) is 1.47. The van der Waals surface area contributed by atoms with Crippen molar-refractivity contribution in [1.29, 1.82) is 0 Å². The second-order valence-corrected chi connectivity index (χ2v) is 6.45. The Kier molecular flexibility index (Phi) is 3.60. The van der Waals surface area contributed by atoms with E-state index in [0.29, 0.717) is 12.8 Å². The van der Waals surface area contributed by atoms with Crippen LogP contribution < -0.4 is 29.4 Å². The molecule has 0 atom stereocenters. The van der Waals surface area contributed by atoms with Gasteiger partial charge in [-0.3, -0.25) is 0 Å². The monoisotopic (exact) mass is 347 g/mol. The molecule has 1 aromatic rings. The Morgan fingerprint density at radius 3 is 2.18 bits per heavy atom. The summed E-state index contributed by atoms with van der Waals surface area (Å²) in [7, 11) is 3.95. The van der Waals surface area contributed by atoms with Gasteiger partial charge in [0, 0.05) is 0 Å².